The van der Waals surface area contributed by atoms with Crippen LogP contribution in [0.2, 0.25) is 0 Å². The molecule has 0 aromatic carbocycles. The highest BCUT2D eigenvalue weighted by Crippen LogP contribution is 2.29. The van der Waals surface area contributed by atoms with Gasteiger partial charge in [0, 0.05) is 22.7 Å². The van der Waals surface area contributed by atoms with E-state index in [9.17, 15) is 9.59 Å². The van der Waals surface area contributed by atoms with Crippen LogP contribution < -0.4 is 10.6 Å². The standard InChI is InChI=1S/C15H18N2O3S2/c1-20-15(19)16-8-2-7-13(18)17-14(11-5-3-9-21-11)12-6-4-10-22-12/h3-6,9-10,14H,2,7-8H2,1H3,(H,16,19)(H,17,18). The summed E-state index contributed by atoms with van der Waals surface area (Å²) in [5.41, 5.74) is 0. The van der Waals surface area contributed by atoms with Crippen LogP contribution in [0.5, 0.6) is 0 Å². The first kappa shape index (κ1) is 16.5. The van der Waals surface area contributed by atoms with Crippen LogP contribution in [-0.4, -0.2) is 25.7 Å². The number of ether oxygens (including phenoxy) is 1. The molecule has 2 rings (SSSR count). The number of methoxy groups -OCH3 is 1. The fourth-order valence-corrected chi connectivity index (χ4v) is 3.60. The van der Waals surface area contributed by atoms with Crippen molar-refractivity contribution in [1.29, 1.82) is 0 Å². The van der Waals surface area contributed by atoms with Crippen LogP contribution in [-0.2, 0) is 9.53 Å². The molecule has 2 N–H and O–H groups in total. The van der Waals surface area contributed by atoms with E-state index >= 15 is 0 Å². The van der Waals surface area contributed by atoms with Gasteiger partial charge in [0.05, 0.1) is 13.2 Å². The van der Waals surface area contributed by atoms with Gasteiger partial charge in [-0.3, -0.25) is 4.79 Å². The highest BCUT2D eigenvalue weighted by Gasteiger charge is 2.18. The smallest absolute Gasteiger partial charge is 0.406 e. The summed E-state index contributed by atoms with van der Waals surface area (Å²) < 4.78 is 4.47. The molecule has 0 aliphatic heterocycles. The van der Waals surface area contributed by atoms with Crippen molar-refractivity contribution in [2.45, 2.75) is 18.9 Å². The highest BCUT2D eigenvalue weighted by atomic mass is 32.1. The van der Waals surface area contributed by atoms with Gasteiger partial charge in [-0.05, 0) is 29.3 Å². The quantitative estimate of drug-likeness (QED) is 0.762. The largest absolute Gasteiger partial charge is 0.453 e. The summed E-state index contributed by atoms with van der Waals surface area (Å²) in [5, 5.41) is 9.63. The van der Waals surface area contributed by atoms with E-state index in [1.807, 2.05) is 35.0 Å². The first-order valence-corrected chi connectivity index (χ1v) is 8.64. The van der Waals surface area contributed by atoms with Crippen molar-refractivity contribution < 1.29 is 14.3 Å². The molecule has 2 aromatic rings. The van der Waals surface area contributed by atoms with Crippen LogP contribution in [0.15, 0.2) is 35.0 Å². The van der Waals surface area contributed by atoms with Crippen molar-refractivity contribution in [3.63, 3.8) is 0 Å². The van der Waals surface area contributed by atoms with Crippen LogP contribution in [0.4, 0.5) is 4.79 Å². The molecule has 2 aromatic heterocycles. The van der Waals surface area contributed by atoms with Crippen LogP contribution in [0.3, 0.4) is 0 Å². The Kier molecular flexibility index (Phi) is 6.42. The third-order valence-corrected chi connectivity index (χ3v) is 4.87. The highest BCUT2D eigenvalue weighted by molar-refractivity contribution is 7.11. The van der Waals surface area contributed by atoms with Gasteiger partial charge < -0.3 is 15.4 Å². The van der Waals surface area contributed by atoms with Crippen molar-refractivity contribution in [1.82, 2.24) is 10.6 Å². The Morgan fingerprint density at radius 2 is 1.82 bits per heavy atom. The number of nitrogens with one attached hydrogen (secondary N) is 2. The van der Waals surface area contributed by atoms with Gasteiger partial charge in [0.25, 0.3) is 0 Å². The molecule has 0 aliphatic rings. The maximum atomic E-state index is 12.1. The minimum atomic E-state index is -0.476. The summed E-state index contributed by atoms with van der Waals surface area (Å²) >= 11 is 3.25. The third-order valence-electron chi connectivity index (χ3n) is 3.00. The van der Waals surface area contributed by atoms with Crippen molar-refractivity contribution in [2.24, 2.45) is 0 Å². The average molecular weight is 338 g/mol. The summed E-state index contributed by atoms with van der Waals surface area (Å²) in [7, 11) is 1.31. The second-order valence-corrected chi connectivity index (χ2v) is 6.51. The molecule has 118 valence electrons. The van der Waals surface area contributed by atoms with E-state index in [0.29, 0.717) is 19.4 Å². The summed E-state index contributed by atoms with van der Waals surface area (Å²) in [5.74, 6) is -0.0292. The van der Waals surface area contributed by atoms with Crippen LogP contribution in [0.25, 0.3) is 0 Å². The lowest BCUT2D eigenvalue weighted by molar-refractivity contribution is -0.121. The maximum absolute atomic E-state index is 12.1. The van der Waals surface area contributed by atoms with E-state index < -0.39 is 6.09 Å². The topological polar surface area (TPSA) is 67.4 Å². The van der Waals surface area contributed by atoms with E-state index in [1.54, 1.807) is 22.7 Å². The molecule has 0 fully saturated rings. The summed E-state index contributed by atoms with van der Waals surface area (Å²) in [6, 6.07) is 7.91. The minimum absolute atomic E-state index is 0.0292. The Bertz CT molecular complexity index is 548. The number of alkyl carbamates (subject to hydrolysis) is 1. The monoisotopic (exact) mass is 338 g/mol. The van der Waals surface area contributed by atoms with Gasteiger partial charge in [-0.2, -0.15) is 0 Å². The van der Waals surface area contributed by atoms with Crippen molar-refractivity contribution >= 4 is 34.7 Å². The number of thiophene rings is 2. The molecule has 5 nitrogen and oxygen atoms in total. The minimum Gasteiger partial charge on any atom is -0.453 e. The molecule has 0 saturated heterocycles. The molecular formula is C15H18N2O3S2. The van der Waals surface area contributed by atoms with E-state index in [-0.39, 0.29) is 11.9 Å². The van der Waals surface area contributed by atoms with E-state index in [2.05, 4.69) is 15.4 Å². The average Bonchev–Trinajstić information content (AvgIpc) is 3.22. The number of rotatable bonds is 7. The Labute approximate surface area is 137 Å². The Morgan fingerprint density at radius 3 is 2.32 bits per heavy atom. The first-order valence-electron chi connectivity index (χ1n) is 6.88. The van der Waals surface area contributed by atoms with Gasteiger partial charge in [0.2, 0.25) is 5.91 Å². The molecule has 2 heterocycles. The molecule has 0 bridgehead atoms. The van der Waals surface area contributed by atoms with Crippen molar-refractivity contribution in [2.75, 3.05) is 13.7 Å². The van der Waals surface area contributed by atoms with Crippen LogP contribution in [0.1, 0.15) is 28.6 Å². The predicted molar refractivity (Wildman–Crippen MR) is 88.3 cm³/mol. The molecule has 22 heavy (non-hydrogen) atoms. The summed E-state index contributed by atoms with van der Waals surface area (Å²) in [6.45, 7) is 0.419. The van der Waals surface area contributed by atoms with Crippen molar-refractivity contribution in [3.05, 3.63) is 44.8 Å². The maximum Gasteiger partial charge on any atom is 0.406 e. The fourth-order valence-electron chi connectivity index (χ4n) is 1.94. The summed E-state index contributed by atoms with van der Waals surface area (Å²) in [4.78, 5) is 25.3. The second kappa shape index (κ2) is 8.55. The van der Waals surface area contributed by atoms with Crippen molar-refractivity contribution in [3.8, 4) is 0 Å². The van der Waals surface area contributed by atoms with Gasteiger partial charge in [0.1, 0.15) is 0 Å². The molecule has 0 aliphatic carbocycles. The number of carbonyl (C=O) groups is 2. The predicted octanol–water partition coefficient (Wildman–Crippen LogP) is 3.15. The van der Waals surface area contributed by atoms with Crippen LogP contribution >= 0.6 is 22.7 Å². The Morgan fingerprint density at radius 1 is 1.18 bits per heavy atom. The molecule has 7 heteroatoms. The Hall–Kier alpha value is -1.86. The second-order valence-electron chi connectivity index (χ2n) is 4.55. The SMILES string of the molecule is COC(=O)NCCCC(=O)NC(c1cccs1)c1cccs1. The number of hydrogen-bond acceptors (Lipinski definition) is 5. The van der Waals surface area contributed by atoms with E-state index in [0.717, 1.165) is 9.75 Å². The van der Waals surface area contributed by atoms with Gasteiger partial charge in [-0.25, -0.2) is 4.79 Å². The van der Waals surface area contributed by atoms with Gasteiger partial charge >= 0.3 is 6.09 Å². The molecule has 0 atom stereocenters. The number of carbonyl (C=O) groups excluding carboxylic acids is 2. The zero-order chi connectivity index (χ0) is 15.8. The van der Waals surface area contributed by atoms with E-state index in [1.165, 1.54) is 7.11 Å². The lowest BCUT2D eigenvalue weighted by Crippen LogP contribution is -2.30. The number of hydrogen-bond donors (Lipinski definition) is 2. The Balaban J connectivity index is 1.86. The molecule has 0 saturated carbocycles. The van der Waals surface area contributed by atoms with Gasteiger partial charge in [-0.15, -0.1) is 22.7 Å². The van der Waals surface area contributed by atoms with Gasteiger partial charge in [0.15, 0.2) is 0 Å². The zero-order valence-electron chi connectivity index (χ0n) is 12.2. The van der Waals surface area contributed by atoms with Gasteiger partial charge in [-0.1, -0.05) is 12.1 Å². The molecule has 0 radical (unpaired) electrons. The third kappa shape index (κ3) is 4.85. The molecule has 0 spiro atoms. The first-order chi connectivity index (χ1) is 10.7. The zero-order valence-corrected chi connectivity index (χ0v) is 13.8. The fraction of sp³-hybridized carbons (Fsp3) is 0.333. The lowest BCUT2D eigenvalue weighted by atomic mass is 10.2. The van der Waals surface area contributed by atoms with E-state index in [4.69, 9.17) is 0 Å². The number of amides is 2. The molecule has 0 unspecified atom stereocenters. The molecule has 2 amide bonds. The summed E-state index contributed by atoms with van der Waals surface area (Å²) in [6.07, 6.45) is 0.454. The van der Waals surface area contributed by atoms with Crippen LogP contribution in [0, 0.1) is 0 Å². The molecular weight excluding hydrogens is 320 g/mol. The lowest BCUT2D eigenvalue weighted by Gasteiger charge is -2.16. The normalized spacial score (nSPS) is 10.5.